The first kappa shape index (κ1) is 15.2. The Bertz CT molecular complexity index is 611. The Morgan fingerprint density at radius 2 is 1.76 bits per heavy atom. The minimum Gasteiger partial charge on any atom is -0.495 e. The van der Waals surface area contributed by atoms with Gasteiger partial charge in [0.25, 0.3) is 0 Å². The summed E-state index contributed by atoms with van der Waals surface area (Å²) in [5.41, 5.74) is 0.643. The van der Waals surface area contributed by atoms with Crippen LogP contribution in [0.3, 0.4) is 0 Å². The van der Waals surface area contributed by atoms with E-state index in [1.807, 2.05) is 0 Å². The van der Waals surface area contributed by atoms with Crippen LogP contribution in [0, 0.1) is 17.5 Å². The lowest BCUT2D eigenvalue weighted by Crippen LogP contribution is -2.16. The Morgan fingerprint density at radius 1 is 1.14 bits per heavy atom. The average molecular weight is 297 g/mol. The number of nitrogens with one attached hydrogen (secondary N) is 1. The molecule has 0 aromatic heterocycles. The lowest BCUT2D eigenvalue weighted by Gasteiger charge is -2.20. The van der Waals surface area contributed by atoms with Crippen LogP contribution in [0.4, 0.5) is 18.9 Å². The highest BCUT2D eigenvalue weighted by atomic mass is 19.2. The van der Waals surface area contributed by atoms with Crippen LogP contribution in [-0.2, 0) is 0 Å². The van der Waals surface area contributed by atoms with Crippen LogP contribution < -0.4 is 10.1 Å². The van der Waals surface area contributed by atoms with Crippen molar-refractivity contribution in [1.29, 1.82) is 0 Å². The van der Waals surface area contributed by atoms with E-state index >= 15 is 0 Å². The predicted molar refractivity (Wildman–Crippen MR) is 72.8 cm³/mol. The summed E-state index contributed by atoms with van der Waals surface area (Å²) in [5, 5.41) is 12.3. The molecular weight excluding hydrogens is 283 g/mol. The zero-order valence-electron chi connectivity index (χ0n) is 11.2. The van der Waals surface area contributed by atoms with Crippen molar-refractivity contribution in [3.8, 4) is 5.75 Å². The van der Waals surface area contributed by atoms with Gasteiger partial charge in [-0.3, -0.25) is 0 Å². The van der Waals surface area contributed by atoms with Crippen molar-refractivity contribution in [3.05, 3.63) is 59.4 Å². The van der Waals surface area contributed by atoms with Gasteiger partial charge in [0.15, 0.2) is 17.5 Å². The number of aliphatic hydroxyl groups excluding tert-OH is 1. The van der Waals surface area contributed by atoms with Crippen LogP contribution in [0.25, 0.3) is 0 Å². The molecule has 2 rings (SSSR count). The molecule has 2 aromatic carbocycles. The maximum absolute atomic E-state index is 13.3. The molecule has 1 unspecified atom stereocenters. The van der Waals surface area contributed by atoms with E-state index in [2.05, 4.69) is 5.32 Å². The molecule has 0 saturated heterocycles. The van der Waals surface area contributed by atoms with Gasteiger partial charge in [0.05, 0.1) is 25.4 Å². The number of para-hydroxylation sites is 2. The van der Waals surface area contributed by atoms with E-state index in [0.717, 1.165) is 12.1 Å². The Kier molecular flexibility index (Phi) is 4.70. The van der Waals surface area contributed by atoms with Crippen molar-refractivity contribution in [2.45, 2.75) is 6.04 Å². The number of aliphatic hydroxyl groups is 1. The summed E-state index contributed by atoms with van der Waals surface area (Å²) in [7, 11) is 1.48. The van der Waals surface area contributed by atoms with Gasteiger partial charge in [0.2, 0.25) is 0 Å². The van der Waals surface area contributed by atoms with Gasteiger partial charge in [-0.05, 0) is 29.8 Å². The first-order valence-corrected chi connectivity index (χ1v) is 6.21. The third-order valence-corrected chi connectivity index (χ3v) is 3.03. The number of rotatable bonds is 5. The number of halogens is 3. The highest BCUT2D eigenvalue weighted by Gasteiger charge is 2.18. The van der Waals surface area contributed by atoms with E-state index in [4.69, 9.17) is 4.74 Å². The first-order valence-electron chi connectivity index (χ1n) is 6.21. The van der Waals surface area contributed by atoms with Gasteiger partial charge in [0.1, 0.15) is 5.75 Å². The molecule has 0 amide bonds. The van der Waals surface area contributed by atoms with Gasteiger partial charge in [-0.2, -0.15) is 0 Å². The van der Waals surface area contributed by atoms with Gasteiger partial charge in [0, 0.05) is 0 Å². The van der Waals surface area contributed by atoms with Crippen molar-refractivity contribution in [1.82, 2.24) is 0 Å². The van der Waals surface area contributed by atoms with Crippen molar-refractivity contribution in [2.75, 3.05) is 19.0 Å². The molecule has 0 aliphatic heterocycles. The van der Waals surface area contributed by atoms with Crippen LogP contribution in [0.5, 0.6) is 5.75 Å². The van der Waals surface area contributed by atoms with Crippen LogP contribution in [0.2, 0.25) is 0 Å². The number of hydrogen-bond acceptors (Lipinski definition) is 3. The Labute approximate surface area is 120 Å². The second kappa shape index (κ2) is 6.49. The molecule has 3 nitrogen and oxygen atoms in total. The Balaban J connectivity index is 2.32. The summed E-state index contributed by atoms with van der Waals surface area (Å²) in [6.07, 6.45) is 0. The predicted octanol–water partition coefficient (Wildman–Crippen LogP) is 3.26. The molecule has 21 heavy (non-hydrogen) atoms. The molecule has 0 fully saturated rings. The fourth-order valence-corrected chi connectivity index (χ4v) is 1.96. The number of benzene rings is 2. The van der Waals surface area contributed by atoms with Crippen LogP contribution in [-0.4, -0.2) is 18.8 Å². The third kappa shape index (κ3) is 3.28. The lowest BCUT2D eigenvalue weighted by molar-refractivity contribution is 0.275. The molecule has 0 aliphatic rings. The lowest BCUT2D eigenvalue weighted by atomic mass is 10.1. The van der Waals surface area contributed by atoms with Crippen LogP contribution in [0.15, 0.2) is 36.4 Å². The fourth-order valence-electron chi connectivity index (χ4n) is 1.96. The van der Waals surface area contributed by atoms with Gasteiger partial charge in [-0.15, -0.1) is 0 Å². The van der Waals surface area contributed by atoms with E-state index in [-0.39, 0.29) is 5.56 Å². The molecule has 2 aromatic rings. The molecular formula is C15H14F3NO2. The summed E-state index contributed by atoms with van der Waals surface area (Å²) in [6, 6.07) is 7.79. The SMILES string of the molecule is COc1ccccc1NC(CO)c1cc(F)c(F)c(F)c1. The summed E-state index contributed by atoms with van der Waals surface area (Å²) >= 11 is 0. The van der Waals surface area contributed by atoms with E-state index in [1.54, 1.807) is 24.3 Å². The van der Waals surface area contributed by atoms with Gasteiger partial charge in [-0.25, -0.2) is 13.2 Å². The molecule has 0 radical (unpaired) electrons. The monoisotopic (exact) mass is 297 g/mol. The van der Waals surface area contributed by atoms with Gasteiger partial charge in [-0.1, -0.05) is 12.1 Å². The summed E-state index contributed by atoms with van der Waals surface area (Å²) in [4.78, 5) is 0. The minimum absolute atomic E-state index is 0.0970. The first-order chi connectivity index (χ1) is 10.1. The average Bonchev–Trinajstić information content (AvgIpc) is 2.50. The van der Waals surface area contributed by atoms with E-state index in [0.29, 0.717) is 11.4 Å². The van der Waals surface area contributed by atoms with Crippen molar-refractivity contribution >= 4 is 5.69 Å². The maximum Gasteiger partial charge on any atom is 0.194 e. The molecule has 0 bridgehead atoms. The molecule has 2 N–H and O–H groups in total. The van der Waals surface area contributed by atoms with E-state index in [9.17, 15) is 18.3 Å². The van der Waals surface area contributed by atoms with Gasteiger partial charge >= 0.3 is 0 Å². The minimum atomic E-state index is -1.53. The standard InChI is InChI=1S/C15H14F3NO2/c1-21-14-5-3-2-4-12(14)19-13(8-20)9-6-10(16)15(18)11(17)7-9/h2-7,13,19-20H,8H2,1H3. The van der Waals surface area contributed by atoms with E-state index < -0.39 is 30.1 Å². The fraction of sp³-hybridized carbons (Fsp3) is 0.200. The summed E-state index contributed by atoms with van der Waals surface area (Å²) < 4.78 is 44.7. The Hall–Kier alpha value is -2.21. The quantitative estimate of drug-likeness (QED) is 0.832. The van der Waals surface area contributed by atoms with Crippen molar-refractivity contribution in [3.63, 3.8) is 0 Å². The third-order valence-electron chi connectivity index (χ3n) is 3.03. The van der Waals surface area contributed by atoms with Crippen LogP contribution >= 0.6 is 0 Å². The number of anilines is 1. The molecule has 0 saturated carbocycles. The smallest absolute Gasteiger partial charge is 0.194 e. The highest BCUT2D eigenvalue weighted by molar-refractivity contribution is 5.57. The zero-order valence-corrected chi connectivity index (χ0v) is 11.2. The van der Waals surface area contributed by atoms with E-state index in [1.165, 1.54) is 7.11 Å². The Morgan fingerprint density at radius 3 is 2.33 bits per heavy atom. The number of ether oxygens (including phenoxy) is 1. The molecule has 0 spiro atoms. The second-order valence-corrected chi connectivity index (χ2v) is 4.38. The topological polar surface area (TPSA) is 41.5 Å². The molecule has 0 aliphatic carbocycles. The second-order valence-electron chi connectivity index (χ2n) is 4.38. The van der Waals surface area contributed by atoms with Crippen LogP contribution in [0.1, 0.15) is 11.6 Å². The summed E-state index contributed by atoms with van der Waals surface area (Å²) in [6.45, 7) is -0.428. The normalized spacial score (nSPS) is 12.0. The zero-order chi connectivity index (χ0) is 15.4. The number of methoxy groups -OCH3 is 1. The highest BCUT2D eigenvalue weighted by Crippen LogP contribution is 2.28. The van der Waals surface area contributed by atoms with Crippen molar-refractivity contribution in [2.24, 2.45) is 0 Å². The maximum atomic E-state index is 13.3. The molecule has 1 atom stereocenters. The molecule has 0 heterocycles. The molecule has 6 heteroatoms. The largest absolute Gasteiger partial charge is 0.495 e. The molecule has 112 valence electrons. The number of hydrogen-bond donors (Lipinski definition) is 2. The van der Waals surface area contributed by atoms with Gasteiger partial charge < -0.3 is 15.2 Å². The van der Waals surface area contributed by atoms with Crippen molar-refractivity contribution < 1.29 is 23.0 Å². The summed E-state index contributed by atoms with van der Waals surface area (Å²) in [5.74, 6) is -3.62.